The third-order valence-corrected chi connectivity index (χ3v) is 2.56. The van der Waals surface area contributed by atoms with Gasteiger partial charge in [0, 0.05) is 18.2 Å². The molecular formula is C13H12O4. The van der Waals surface area contributed by atoms with Crippen LogP contribution in [0.4, 0.5) is 0 Å². The van der Waals surface area contributed by atoms with Crippen LogP contribution in [0.15, 0.2) is 29.8 Å². The van der Waals surface area contributed by atoms with Crippen LogP contribution < -0.4 is 4.74 Å². The molecule has 0 saturated carbocycles. The van der Waals surface area contributed by atoms with Crippen molar-refractivity contribution in [3.63, 3.8) is 0 Å². The Bertz CT molecular complexity index is 514. The van der Waals surface area contributed by atoms with Crippen molar-refractivity contribution in [2.24, 2.45) is 0 Å². The van der Waals surface area contributed by atoms with Gasteiger partial charge < -0.3 is 9.47 Å². The highest BCUT2D eigenvalue weighted by molar-refractivity contribution is 6.25. The summed E-state index contributed by atoms with van der Waals surface area (Å²) in [5.74, 6) is 0.0396. The molecule has 0 saturated heterocycles. The number of methoxy groups -OCH3 is 1. The first-order valence-electron chi connectivity index (χ1n) is 5.17. The molecule has 0 N–H and O–H groups in total. The molecule has 4 heteroatoms. The Labute approximate surface area is 98.8 Å². The number of hydrogen-bond acceptors (Lipinski definition) is 4. The van der Waals surface area contributed by atoms with Crippen LogP contribution in [0.25, 0.3) is 0 Å². The Kier molecular flexibility index (Phi) is 3.06. The molecule has 1 aliphatic carbocycles. The van der Waals surface area contributed by atoms with Crippen molar-refractivity contribution < 1.29 is 19.1 Å². The summed E-state index contributed by atoms with van der Waals surface area (Å²) in [6, 6.07) is 4.97. The summed E-state index contributed by atoms with van der Waals surface area (Å²) >= 11 is 0. The number of benzene rings is 1. The molecule has 2 rings (SSSR count). The fraction of sp³-hybridized carbons (Fsp3) is 0.231. The van der Waals surface area contributed by atoms with E-state index in [1.807, 2.05) is 0 Å². The standard InChI is InChI=1S/C13H12O4/c1-8-6-10(14)12-9(13(8)15)4-3-5-11(12)17-7-16-2/h3-6H,7H2,1-2H3. The van der Waals surface area contributed by atoms with E-state index in [0.717, 1.165) is 0 Å². The van der Waals surface area contributed by atoms with Crippen LogP contribution in [0.2, 0.25) is 0 Å². The number of ketones is 2. The third kappa shape index (κ3) is 1.99. The smallest absolute Gasteiger partial charge is 0.190 e. The number of allylic oxidation sites excluding steroid dienone is 2. The van der Waals surface area contributed by atoms with E-state index in [4.69, 9.17) is 9.47 Å². The molecule has 17 heavy (non-hydrogen) atoms. The zero-order valence-corrected chi connectivity index (χ0v) is 9.65. The largest absolute Gasteiger partial charge is 0.467 e. The van der Waals surface area contributed by atoms with Crippen LogP contribution in [0.3, 0.4) is 0 Å². The van der Waals surface area contributed by atoms with Crippen molar-refractivity contribution in [2.45, 2.75) is 6.92 Å². The molecule has 0 amide bonds. The molecular weight excluding hydrogens is 220 g/mol. The lowest BCUT2D eigenvalue weighted by molar-refractivity contribution is 0.0502. The van der Waals surface area contributed by atoms with Gasteiger partial charge in [-0.3, -0.25) is 9.59 Å². The number of rotatable bonds is 3. The van der Waals surface area contributed by atoms with Crippen molar-refractivity contribution in [3.05, 3.63) is 41.0 Å². The molecule has 0 heterocycles. The predicted octanol–water partition coefficient (Wildman–Crippen LogP) is 1.99. The summed E-state index contributed by atoms with van der Waals surface area (Å²) < 4.78 is 10.1. The highest BCUT2D eigenvalue weighted by atomic mass is 16.7. The summed E-state index contributed by atoms with van der Waals surface area (Å²) in [6.45, 7) is 1.67. The van der Waals surface area contributed by atoms with E-state index in [1.54, 1.807) is 25.1 Å². The van der Waals surface area contributed by atoms with Crippen LogP contribution in [-0.2, 0) is 4.74 Å². The van der Waals surface area contributed by atoms with Crippen molar-refractivity contribution in [1.29, 1.82) is 0 Å². The molecule has 1 aromatic carbocycles. The Morgan fingerprint density at radius 2 is 2.00 bits per heavy atom. The zero-order valence-electron chi connectivity index (χ0n) is 9.65. The molecule has 1 aliphatic rings. The molecule has 0 spiro atoms. The lowest BCUT2D eigenvalue weighted by Gasteiger charge is -2.16. The first-order chi connectivity index (χ1) is 8.15. The molecule has 0 aromatic heterocycles. The normalized spacial score (nSPS) is 14.4. The van der Waals surface area contributed by atoms with Crippen molar-refractivity contribution >= 4 is 11.6 Å². The second-order valence-electron chi connectivity index (χ2n) is 3.75. The van der Waals surface area contributed by atoms with Gasteiger partial charge in [0.05, 0.1) is 5.56 Å². The van der Waals surface area contributed by atoms with Crippen LogP contribution >= 0.6 is 0 Å². The van der Waals surface area contributed by atoms with Gasteiger partial charge in [0.1, 0.15) is 5.75 Å². The SMILES string of the molecule is COCOc1cccc2c1C(=O)C=C(C)C2=O. The van der Waals surface area contributed by atoms with Gasteiger partial charge in [-0.1, -0.05) is 12.1 Å². The molecule has 0 atom stereocenters. The van der Waals surface area contributed by atoms with Gasteiger partial charge in [-0.05, 0) is 19.1 Å². The predicted molar refractivity (Wildman–Crippen MR) is 61.4 cm³/mol. The second-order valence-corrected chi connectivity index (χ2v) is 3.75. The molecule has 0 bridgehead atoms. The van der Waals surface area contributed by atoms with E-state index in [2.05, 4.69) is 0 Å². The second kappa shape index (κ2) is 4.51. The summed E-state index contributed by atoms with van der Waals surface area (Å²) in [5, 5.41) is 0. The van der Waals surface area contributed by atoms with Crippen LogP contribution in [0.1, 0.15) is 27.6 Å². The highest BCUT2D eigenvalue weighted by Gasteiger charge is 2.26. The Morgan fingerprint density at radius 3 is 2.71 bits per heavy atom. The first-order valence-corrected chi connectivity index (χ1v) is 5.17. The monoisotopic (exact) mass is 232 g/mol. The van der Waals surface area contributed by atoms with Gasteiger partial charge in [-0.15, -0.1) is 0 Å². The Morgan fingerprint density at radius 1 is 1.24 bits per heavy atom. The number of Topliss-reactive ketones (excluding diaryl/α,β-unsaturated/α-hetero) is 1. The van der Waals surface area contributed by atoms with E-state index in [-0.39, 0.29) is 18.4 Å². The molecule has 88 valence electrons. The maximum atomic E-state index is 11.9. The summed E-state index contributed by atoms with van der Waals surface area (Å²) in [6.07, 6.45) is 1.34. The maximum Gasteiger partial charge on any atom is 0.190 e. The number of carbonyl (C=O) groups is 2. The third-order valence-electron chi connectivity index (χ3n) is 2.56. The molecule has 0 unspecified atom stereocenters. The van der Waals surface area contributed by atoms with E-state index in [0.29, 0.717) is 22.4 Å². The van der Waals surface area contributed by atoms with Crippen LogP contribution in [0, 0.1) is 0 Å². The molecule has 0 fully saturated rings. The minimum atomic E-state index is -0.205. The summed E-state index contributed by atoms with van der Waals surface area (Å²) in [7, 11) is 1.49. The molecule has 0 radical (unpaired) electrons. The van der Waals surface area contributed by atoms with E-state index < -0.39 is 0 Å². The van der Waals surface area contributed by atoms with E-state index in [9.17, 15) is 9.59 Å². The van der Waals surface area contributed by atoms with Crippen LogP contribution in [0.5, 0.6) is 5.75 Å². The van der Waals surface area contributed by atoms with Gasteiger partial charge in [0.15, 0.2) is 18.4 Å². The average molecular weight is 232 g/mol. The highest BCUT2D eigenvalue weighted by Crippen LogP contribution is 2.29. The first kappa shape index (κ1) is 11.5. The minimum Gasteiger partial charge on any atom is -0.467 e. The Balaban J connectivity index is 2.50. The number of carbonyl (C=O) groups excluding carboxylic acids is 2. The summed E-state index contributed by atoms with van der Waals surface area (Å²) in [5.41, 5.74) is 1.16. The maximum absolute atomic E-state index is 11.9. The topological polar surface area (TPSA) is 52.6 Å². The number of fused-ring (bicyclic) bond motifs is 1. The quantitative estimate of drug-likeness (QED) is 0.748. The molecule has 1 aromatic rings. The average Bonchev–Trinajstić information content (AvgIpc) is 2.33. The molecule has 4 nitrogen and oxygen atoms in total. The van der Waals surface area contributed by atoms with Crippen molar-refractivity contribution in [3.8, 4) is 5.75 Å². The lowest BCUT2D eigenvalue weighted by atomic mass is 9.90. The van der Waals surface area contributed by atoms with Gasteiger partial charge >= 0.3 is 0 Å². The number of hydrogen-bond donors (Lipinski definition) is 0. The fourth-order valence-electron chi connectivity index (χ4n) is 1.76. The minimum absolute atomic E-state index is 0.0423. The summed E-state index contributed by atoms with van der Waals surface area (Å²) in [4.78, 5) is 23.8. The van der Waals surface area contributed by atoms with Gasteiger partial charge in [0.25, 0.3) is 0 Å². The van der Waals surface area contributed by atoms with Gasteiger partial charge in [-0.25, -0.2) is 0 Å². The number of ether oxygens (including phenoxy) is 2. The fourth-order valence-corrected chi connectivity index (χ4v) is 1.76. The van der Waals surface area contributed by atoms with Gasteiger partial charge in [0.2, 0.25) is 0 Å². The van der Waals surface area contributed by atoms with Crippen LogP contribution in [-0.4, -0.2) is 25.5 Å². The zero-order chi connectivity index (χ0) is 12.4. The Hall–Kier alpha value is -1.94. The van der Waals surface area contributed by atoms with Crippen molar-refractivity contribution in [1.82, 2.24) is 0 Å². The van der Waals surface area contributed by atoms with E-state index in [1.165, 1.54) is 13.2 Å². The van der Waals surface area contributed by atoms with Gasteiger partial charge in [-0.2, -0.15) is 0 Å². The lowest BCUT2D eigenvalue weighted by Crippen LogP contribution is -2.17. The molecule has 0 aliphatic heterocycles. The van der Waals surface area contributed by atoms with E-state index >= 15 is 0 Å². The van der Waals surface area contributed by atoms with Crippen molar-refractivity contribution in [2.75, 3.05) is 13.9 Å².